The molecule has 1 aliphatic carbocycles. The summed E-state index contributed by atoms with van der Waals surface area (Å²) < 4.78 is 25.3. The second-order valence-electron chi connectivity index (χ2n) is 4.91. The maximum atomic E-state index is 12.7. The highest BCUT2D eigenvalue weighted by Crippen LogP contribution is 2.43. The van der Waals surface area contributed by atoms with Crippen LogP contribution in [0.1, 0.15) is 25.7 Å². The van der Waals surface area contributed by atoms with Crippen molar-refractivity contribution < 1.29 is 13.6 Å². The Bertz CT molecular complexity index is 269. The highest BCUT2D eigenvalue weighted by atomic mass is 19.3. The Hall–Kier alpha value is -0.710. The third kappa shape index (κ3) is 2.34. The van der Waals surface area contributed by atoms with Crippen molar-refractivity contribution in [1.29, 1.82) is 0 Å². The normalized spacial score (nSPS) is 29.6. The maximum absolute atomic E-state index is 12.7. The number of nitrogens with zero attached hydrogens (tertiary/aromatic N) is 1. The second kappa shape index (κ2) is 4.28. The molecule has 0 radical (unpaired) electrons. The number of hydrogen-bond donors (Lipinski definition) is 1. The lowest BCUT2D eigenvalue weighted by atomic mass is 9.80. The van der Waals surface area contributed by atoms with Crippen LogP contribution in [-0.4, -0.2) is 42.9 Å². The van der Waals surface area contributed by atoms with Crippen LogP contribution < -0.4 is 5.32 Å². The summed E-state index contributed by atoms with van der Waals surface area (Å²) >= 11 is 0. The van der Waals surface area contributed by atoms with Gasteiger partial charge in [-0.2, -0.15) is 0 Å². The first-order chi connectivity index (χ1) is 7.49. The molecule has 5 heteroatoms. The maximum Gasteiger partial charge on any atom is 0.249 e. The summed E-state index contributed by atoms with van der Waals surface area (Å²) in [4.78, 5) is 13.5. The van der Waals surface area contributed by atoms with E-state index in [0.717, 1.165) is 25.9 Å². The fourth-order valence-electron chi connectivity index (χ4n) is 2.47. The van der Waals surface area contributed by atoms with Gasteiger partial charge >= 0.3 is 0 Å². The standard InChI is InChI=1S/C11H18F2N2O/c1-15(9-3-2-4-14-7-9)10(16)8-5-11(12,13)6-8/h8-9,14H,2-7H2,1H3/t9-/m0/s1. The molecule has 2 fully saturated rings. The number of piperidine rings is 1. The quantitative estimate of drug-likeness (QED) is 0.777. The lowest BCUT2D eigenvalue weighted by Gasteiger charge is -2.39. The van der Waals surface area contributed by atoms with Gasteiger partial charge in [-0.1, -0.05) is 0 Å². The van der Waals surface area contributed by atoms with Gasteiger partial charge in [0.05, 0.1) is 0 Å². The largest absolute Gasteiger partial charge is 0.341 e. The summed E-state index contributed by atoms with van der Waals surface area (Å²) in [5, 5.41) is 3.22. The third-order valence-electron chi connectivity index (χ3n) is 3.61. The van der Waals surface area contributed by atoms with Crippen LogP contribution in [-0.2, 0) is 4.79 Å². The van der Waals surface area contributed by atoms with Crippen LogP contribution in [0.15, 0.2) is 0 Å². The molecular formula is C11H18F2N2O. The van der Waals surface area contributed by atoms with Gasteiger partial charge in [-0.25, -0.2) is 8.78 Å². The van der Waals surface area contributed by atoms with Crippen molar-refractivity contribution in [2.45, 2.75) is 37.6 Å². The SMILES string of the molecule is CN(C(=O)C1CC(F)(F)C1)[C@H]1CCCNC1. The molecule has 16 heavy (non-hydrogen) atoms. The van der Waals surface area contributed by atoms with E-state index in [1.54, 1.807) is 11.9 Å². The smallest absolute Gasteiger partial charge is 0.249 e. The summed E-state index contributed by atoms with van der Waals surface area (Å²) in [7, 11) is 1.73. The summed E-state index contributed by atoms with van der Waals surface area (Å²) in [6.45, 7) is 1.77. The van der Waals surface area contributed by atoms with Crippen molar-refractivity contribution >= 4 is 5.91 Å². The molecule has 0 aromatic rings. The van der Waals surface area contributed by atoms with Crippen LogP contribution in [0.5, 0.6) is 0 Å². The molecule has 2 rings (SSSR count). The highest BCUT2D eigenvalue weighted by Gasteiger charge is 2.49. The summed E-state index contributed by atoms with van der Waals surface area (Å²) in [6.07, 6.45) is 1.48. The average Bonchev–Trinajstić information content (AvgIpc) is 2.25. The van der Waals surface area contributed by atoms with E-state index in [9.17, 15) is 13.6 Å². The molecule has 1 atom stereocenters. The minimum atomic E-state index is -2.61. The third-order valence-corrected chi connectivity index (χ3v) is 3.61. The fraction of sp³-hybridized carbons (Fsp3) is 0.909. The number of hydrogen-bond acceptors (Lipinski definition) is 2. The van der Waals surface area contributed by atoms with Crippen molar-refractivity contribution in [3.63, 3.8) is 0 Å². The van der Waals surface area contributed by atoms with E-state index in [2.05, 4.69) is 5.32 Å². The lowest BCUT2D eigenvalue weighted by molar-refractivity contribution is -0.160. The number of rotatable bonds is 2. The number of carbonyl (C=O) groups is 1. The Labute approximate surface area is 94.2 Å². The van der Waals surface area contributed by atoms with Crippen LogP contribution in [0, 0.1) is 5.92 Å². The topological polar surface area (TPSA) is 32.3 Å². The van der Waals surface area contributed by atoms with Crippen molar-refractivity contribution in [3.05, 3.63) is 0 Å². The first-order valence-corrected chi connectivity index (χ1v) is 5.85. The molecule has 1 saturated heterocycles. The number of likely N-dealkylation sites (N-methyl/N-ethyl adjacent to an activating group) is 1. The summed E-state index contributed by atoms with van der Waals surface area (Å²) in [6, 6.07) is 0.176. The van der Waals surface area contributed by atoms with E-state index in [4.69, 9.17) is 0 Å². The second-order valence-corrected chi connectivity index (χ2v) is 4.91. The zero-order chi connectivity index (χ0) is 11.8. The summed E-state index contributed by atoms with van der Waals surface area (Å²) in [5.41, 5.74) is 0. The Kier molecular flexibility index (Phi) is 3.15. The molecule has 2 aliphatic rings. The Morgan fingerprint density at radius 2 is 2.12 bits per heavy atom. The molecule has 92 valence electrons. The van der Waals surface area contributed by atoms with Gasteiger partial charge in [0.15, 0.2) is 0 Å². The molecule has 0 spiro atoms. The molecule has 0 unspecified atom stereocenters. The highest BCUT2D eigenvalue weighted by molar-refractivity contribution is 5.80. The van der Waals surface area contributed by atoms with Crippen LogP contribution in [0.4, 0.5) is 8.78 Å². The van der Waals surface area contributed by atoms with Crippen LogP contribution in [0.2, 0.25) is 0 Å². The van der Waals surface area contributed by atoms with E-state index in [1.165, 1.54) is 0 Å². The molecule has 1 saturated carbocycles. The van der Waals surface area contributed by atoms with Crippen LogP contribution in [0.25, 0.3) is 0 Å². The molecule has 1 N–H and O–H groups in total. The molecule has 0 bridgehead atoms. The van der Waals surface area contributed by atoms with E-state index in [1.807, 2.05) is 0 Å². The number of nitrogens with one attached hydrogen (secondary N) is 1. The zero-order valence-corrected chi connectivity index (χ0v) is 9.51. The number of carbonyl (C=O) groups excluding carboxylic acids is 1. The van der Waals surface area contributed by atoms with E-state index in [-0.39, 0.29) is 24.8 Å². The van der Waals surface area contributed by atoms with Crippen molar-refractivity contribution in [2.75, 3.05) is 20.1 Å². The molecule has 1 heterocycles. The minimum Gasteiger partial charge on any atom is -0.341 e. The van der Waals surface area contributed by atoms with Gasteiger partial charge in [-0.3, -0.25) is 4.79 Å². The number of alkyl halides is 2. The Balaban J connectivity index is 1.85. The zero-order valence-electron chi connectivity index (χ0n) is 9.51. The van der Waals surface area contributed by atoms with Crippen LogP contribution >= 0.6 is 0 Å². The lowest BCUT2D eigenvalue weighted by Crippen LogP contribution is -2.52. The molecule has 1 aliphatic heterocycles. The van der Waals surface area contributed by atoms with E-state index in [0.29, 0.717) is 0 Å². The first kappa shape index (κ1) is 11.8. The van der Waals surface area contributed by atoms with E-state index < -0.39 is 11.8 Å². The van der Waals surface area contributed by atoms with Gasteiger partial charge in [0, 0.05) is 38.4 Å². The van der Waals surface area contributed by atoms with Crippen molar-refractivity contribution in [1.82, 2.24) is 10.2 Å². The fourth-order valence-corrected chi connectivity index (χ4v) is 2.47. The predicted molar refractivity (Wildman–Crippen MR) is 56.3 cm³/mol. The van der Waals surface area contributed by atoms with Gasteiger partial charge in [-0.05, 0) is 19.4 Å². The Morgan fingerprint density at radius 3 is 2.62 bits per heavy atom. The molecule has 0 aromatic heterocycles. The van der Waals surface area contributed by atoms with Crippen LogP contribution in [0.3, 0.4) is 0 Å². The first-order valence-electron chi connectivity index (χ1n) is 5.85. The molecule has 0 aromatic carbocycles. The number of halogens is 2. The minimum absolute atomic E-state index is 0.111. The van der Waals surface area contributed by atoms with Gasteiger partial charge in [0.2, 0.25) is 11.8 Å². The van der Waals surface area contributed by atoms with Crippen molar-refractivity contribution in [2.24, 2.45) is 5.92 Å². The molecule has 1 amide bonds. The molecule has 3 nitrogen and oxygen atoms in total. The predicted octanol–water partition coefficient (Wildman–Crippen LogP) is 1.24. The molecular weight excluding hydrogens is 214 g/mol. The average molecular weight is 232 g/mol. The van der Waals surface area contributed by atoms with Gasteiger partial charge < -0.3 is 10.2 Å². The number of amides is 1. The van der Waals surface area contributed by atoms with Gasteiger partial charge in [0.25, 0.3) is 0 Å². The van der Waals surface area contributed by atoms with Gasteiger partial charge in [0.1, 0.15) is 0 Å². The van der Waals surface area contributed by atoms with Crippen molar-refractivity contribution in [3.8, 4) is 0 Å². The Morgan fingerprint density at radius 1 is 1.44 bits per heavy atom. The monoisotopic (exact) mass is 232 g/mol. The van der Waals surface area contributed by atoms with E-state index >= 15 is 0 Å². The summed E-state index contributed by atoms with van der Waals surface area (Å²) in [5.74, 6) is -3.17. The van der Waals surface area contributed by atoms with Gasteiger partial charge in [-0.15, -0.1) is 0 Å².